The molecule has 22 heavy (non-hydrogen) atoms. The van der Waals surface area contributed by atoms with Crippen molar-refractivity contribution in [2.75, 3.05) is 13.1 Å². The zero-order valence-corrected chi connectivity index (χ0v) is 12.7. The third kappa shape index (κ3) is 6.39. The van der Waals surface area contributed by atoms with Crippen LogP contribution in [0, 0.1) is 0 Å². The Labute approximate surface area is 129 Å². The molecule has 120 valence electrons. The molecule has 2 amide bonds. The van der Waals surface area contributed by atoms with Crippen molar-refractivity contribution in [1.29, 1.82) is 0 Å². The fourth-order valence-electron chi connectivity index (χ4n) is 2.03. The molecule has 0 saturated carbocycles. The third-order valence-electron chi connectivity index (χ3n) is 3.19. The molecule has 0 heterocycles. The maximum absolute atomic E-state index is 11.7. The highest BCUT2D eigenvalue weighted by Crippen LogP contribution is 2.14. The van der Waals surface area contributed by atoms with E-state index in [1.54, 1.807) is 24.3 Å². The number of carboxylic acid groups (broad SMARTS) is 1. The highest BCUT2D eigenvalue weighted by atomic mass is 16.4. The molecule has 6 heteroatoms. The Bertz CT molecular complexity index is 502. The summed E-state index contributed by atoms with van der Waals surface area (Å²) < 4.78 is 0. The normalized spacial score (nSPS) is 11.5. The third-order valence-corrected chi connectivity index (χ3v) is 3.19. The van der Waals surface area contributed by atoms with Gasteiger partial charge in [0.05, 0.1) is 5.92 Å². The molecule has 0 aromatic heterocycles. The minimum Gasteiger partial charge on any atom is -0.481 e. The van der Waals surface area contributed by atoms with Gasteiger partial charge in [0.15, 0.2) is 0 Å². The Kier molecular flexibility index (Phi) is 7.67. The number of hydrogen-bond acceptors (Lipinski definition) is 3. The van der Waals surface area contributed by atoms with E-state index in [0.29, 0.717) is 24.9 Å². The molecule has 0 spiro atoms. The van der Waals surface area contributed by atoms with Crippen LogP contribution in [-0.4, -0.2) is 36.0 Å². The monoisotopic (exact) mass is 306 g/mol. The SMILES string of the molecule is CCNC(=O)CCCC(=O)NCC(C(=O)O)c1ccccc1. The van der Waals surface area contributed by atoms with Gasteiger partial charge < -0.3 is 15.7 Å². The van der Waals surface area contributed by atoms with Crippen LogP contribution in [0.15, 0.2) is 30.3 Å². The van der Waals surface area contributed by atoms with Crippen molar-refractivity contribution in [1.82, 2.24) is 10.6 Å². The number of aliphatic carboxylic acids is 1. The molecule has 1 aromatic rings. The van der Waals surface area contributed by atoms with E-state index >= 15 is 0 Å². The number of rotatable bonds is 9. The second-order valence-electron chi connectivity index (χ2n) is 4.91. The molecule has 1 aromatic carbocycles. The molecule has 0 aliphatic heterocycles. The van der Waals surface area contributed by atoms with Gasteiger partial charge in [-0.25, -0.2) is 0 Å². The largest absolute Gasteiger partial charge is 0.481 e. The lowest BCUT2D eigenvalue weighted by atomic mass is 9.99. The van der Waals surface area contributed by atoms with Gasteiger partial charge >= 0.3 is 5.97 Å². The summed E-state index contributed by atoms with van der Waals surface area (Å²) in [6, 6.07) is 8.78. The first-order chi connectivity index (χ1) is 10.5. The van der Waals surface area contributed by atoms with Crippen molar-refractivity contribution in [2.24, 2.45) is 0 Å². The summed E-state index contributed by atoms with van der Waals surface area (Å²) in [6.45, 7) is 2.45. The molecule has 1 rings (SSSR count). The van der Waals surface area contributed by atoms with Gasteiger partial charge in [-0.15, -0.1) is 0 Å². The lowest BCUT2D eigenvalue weighted by Gasteiger charge is -2.13. The molecule has 0 radical (unpaired) electrons. The minimum atomic E-state index is -0.978. The van der Waals surface area contributed by atoms with E-state index in [0.717, 1.165) is 0 Å². The summed E-state index contributed by atoms with van der Waals surface area (Å²) >= 11 is 0. The fourth-order valence-corrected chi connectivity index (χ4v) is 2.03. The summed E-state index contributed by atoms with van der Waals surface area (Å²) in [7, 11) is 0. The molecule has 0 aliphatic rings. The average Bonchev–Trinajstić information content (AvgIpc) is 2.48. The second kappa shape index (κ2) is 9.55. The molecule has 0 bridgehead atoms. The van der Waals surface area contributed by atoms with Crippen molar-refractivity contribution in [3.63, 3.8) is 0 Å². The Balaban J connectivity index is 2.38. The van der Waals surface area contributed by atoms with Crippen molar-refractivity contribution >= 4 is 17.8 Å². The van der Waals surface area contributed by atoms with Gasteiger partial charge in [-0.05, 0) is 18.9 Å². The van der Waals surface area contributed by atoms with E-state index in [-0.39, 0.29) is 24.8 Å². The maximum atomic E-state index is 11.7. The summed E-state index contributed by atoms with van der Waals surface area (Å²) in [5, 5.41) is 14.5. The molecule has 1 atom stereocenters. The molecular formula is C16H22N2O4. The van der Waals surface area contributed by atoms with Crippen LogP contribution in [-0.2, 0) is 14.4 Å². The van der Waals surface area contributed by atoms with E-state index in [2.05, 4.69) is 10.6 Å². The Morgan fingerprint density at radius 2 is 1.64 bits per heavy atom. The Morgan fingerprint density at radius 1 is 1.05 bits per heavy atom. The fraction of sp³-hybridized carbons (Fsp3) is 0.438. The van der Waals surface area contributed by atoms with Gasteiger partial charge in [-0.1, -0.05) is 30.3 Å². The maximum Gasteiger partial charge on any atom is 0.312 e. The Morgan fingerprint density at radius 3 is 2.18 bits per heavy atom. The lowest BCUT2D eigenvalue weighted by Crippen LogP contribution is -2.31. The smallest absolute Gasteiger partial charge is 0.312 e. The van der Waals surface area contributed by atoms with Gasteiger partial charge in [0.25, 0.3) is 0 Å². The van der Waals surface area contributed by atoms with Crippen molar-refractivity contribution in [3.8, 4) is 0 Å². The van der Waals surface area contributed by atoms with Crippen LogP contribution >= 0.6 is 0 Å². The average molecular weight is 306 g/mol. The molecule has 6 nitrogen and oxygen atoms in total. The van der Waals surface area contributed by atoms with Gasteiger partial charge in [-0.2, -0.15) is 0 Å². The molecule has 0 saturated heterocycles. The van der Waals surface area contributed by atoms with E-state index in [1.807, 2.05) is 13.0 Å². The number of carboxylic acids is 1. The van der Waals surface area contributed by atoms with Crippen molar-refractivity contribution < 1.29 is 19.5 Å². The van der Waals surface area contributed by atoms with E-state index in [1.165, 1.54) is 0 Å². The molecular weight excluding hydrogens is 284 g/mol. The molecule has 0 aliphatic carbocycles. The summed E-state index contributed by atoms with van der Waals surface area (Å²) in [5.41, 5.74) is 0.651. The predicted octanol–water partition coefficient (Wildman–Crippen LogP) is 1.28. The van der Waals surface area contributed by atoms with Crippen LogP contribution in [0.3, 0.4) is 0 Å². The zero-order chi connectivity index (χ0) is 16.4. The lowest BCUT2D eigenvalue weighted by molar-refractivity contribution is -0.138. The van der Waals surface area contributed by atoms with Crippen LogP contribution in [0.25, 0.3) is 0 Å². The van der Waals surface area contributed by atoms with Crippen LogP contribution < -0.4 is 10.6 Å². The second-order valence-corrected chi connectivity index (χ2v) is 4.91. The number of benzene rings is 1. The highest BCUT2D eigenvalue weighted by Gasteiger charge is 2.20. The summed E-state index contributed by atoms with van der Waals surface area (Å²) in [6.07, 6.45) is 0.946. The van der Waals surface area contributed by atoms with Crippen LogP contribution in [0.5, 0.6) is 0 Å². The van der Waals surface area contributed by atoms with Crippen LogP contribution in [0.1, 0.15) is 37.7 Å². The number of hydrogen-bond donors (Lipinski definition) is 3. The van der Waals surface area contributed by atoms with Gasteiger partial charge in [0, 0.05) is 25.9 Å². The van der Waals surface area contributed by atoms with Gasteiger partial charge in [0.1, 0.15) is 0 Å². The summed E-state index contributed by atoms with van der Waals surface area (Å²) in [5.74, 6) is -2.07. The van der Waals surface area contributed by atoms with Crippen molar-refractivity contribution in [2.45, 2.75) is 32.1 Å². The zero-order valence-electron chi connectivity index (χ0n) is 12.7. The minimum absolute atomic E-state index is 0.0410. The number of nitrogens with one attached hydrogen (secondary N) is 2. The quantitative estimate of drug-likeness (QED) is 0.640. The summed E-state index contributed by atoms with van der Waals surface area (Å²) in [4.78, 5) is 34.2. The Hall–Kier alpha value is -2.37. The first-order valence-electron chi connectivity index (χ1n) is 7.35. The molecule has 0 fully saturated rings. The van der Waals surface area contributed by atoms with E-state index < -0.39 is 11.9 Å². The number of carbonyl (C=O) groups excluding carboxylic acids is 2. The highest BCUT2D eigenvalue weighted by molar-refractivity contribution is 5.80. The van der Waals surface area contributed by atoms with Crippen molar-refractivity contribution in [3.05, 3.63) is 35.9 Å². The first kappa shape index (κ1) is 17.7. The topological polar surface area (TPSA) is 95.5 Å². The van der Waals surface area contributed by atoms with Crippen LogP contribution in [0.2, 0.25) is 0 Å². The standard InChI is InChI=1S/C16H22N2O4/c1-2-17-14(19)9-6-10-15(20)18-11-13(16(21)22)12-7-4-3-5-8-12/h3-5,7-8,13H,2,6,9-11H2,1H3,(H,17,19)(H,18,20)(H,21,22). The number of carbonyl (C=O) groups is 3. The van der Waals surface area contributed by atoms with E-state index in [9.17, 15) is 19.5 Å². The van der Waals surface area contributed by atoms with Gasteiger partial charge in [0.2, 0.25) is 11.8 Å². The first-order valence-corrected chi connectivity index (χ1v) is 7.35. The van der Waals surface area contributed by atoms with E-state index in [4.69, 9.17) is 0 Å². The molecule has 1 unspecified atom stereocenters. The predicted molar refractivity (Wildman–Crippen MR) is 82.4 cm³/mol. The van der Waals surface area contributed by atoms with Crippen LogP contribution in [0.4, 0.5) is 0 Å². The van der Waals surface area contributed by atoms with Gasteiger partial charge in [-0.3, -0.25) is 14.4 Å². The number of amides is 2. The molecule has 3 N–H and O–H groups in total.